The molecule has 2 aliphatic rings. The maximum absolute atomic E-state index is 12.9. The minimum Gasteiger partial charge on any atom is -0.441 e. The summed E-state index contributed by atoms with van der Waals surface area (Å²) in [6.07, 6.45) is 4.70. The van der Waals surface area contributed by atoms with Crippen LogP contribution in [0.4, 0.5) is 4.79 Å². The maximum atomic E-state index is 12.9. The Morgan fingerprint density at radius 2 is 1.77 bits per heavy atom. The van der Waals surface area contributed by atoms with Crippen molar-refractivity contribution in [2.24, 2.45) is 0 Å². The van der Waals surface area contributed by atoms with Crippen molar-refractivity contribution >= 4 is 33.2 Å². The van der Waals surface area contributed by atoms with Crippen LogP contribution in [0.5, 0.6) is 0 Å². The van der Waals surface area contributed by atoms with Crippen molar-refractivity contribution in [1.82, 2.24) is 19.4 Å². The van der Waals surface area contributed by atoms with Gasteiger partial charge in [0.2, 0.25) is 0 Å². The molecule has 2 fully saturated rings. The maximum Gasteiger partial charge on any atom is 0.411 e. The molecule has 162 valence electrons. The lowest BCUT2D eigenvalue weighted by molar-refractivity contribution is 0.0662. The van der Waals surface area contributed by atoms with Crippen molar-refractivity contribution in [2.45, 2.75) is 63.3 Å². The molecule has 1 saturated carbocycles. The first-order chi connectivity index (χ1) is 14.8. The number of hydrogen-bond acceptors (Lipinski definition) is 4. The van der Waals surface area contributed by atoms with Gasteiger partial charge in [-0.15, -0.1) is 0 Å². The lowest BCUT2D eigenvalue weighted by Crippen LogP contribution is -2.43. The molecule has 5 rings (SSSR count). The minimum absolute atomic E-state index is 0.0629. The van der Waals surface area contributed by atoms with E-state index in [2.05, 4.69) is 38.0 Å². The fourth-order valence-electron chi connectivity index (χ4n) is 5.25. The van der Waals surface area contributed by atoms with Crippen LogP contribution in [-0.4, -0.2) is 37.2 Å². The number of nitrogens with zero attached hydrogens (tertiary/aromatic N) is 3. The van der Waals surface area contributed by atoms with Gasteiger partial charge in [-0.3, -0.25) is 9.47 Å². The van der Waals surface area contributed by atoms with Gasteiger partial charge in [0.1, 0.15) is 5.60 Å². The van der Waals surface area contributed by atoms with Gasteiger partial charge in [0.05, 0.1) is 11.6 Å². The molecule has 1 saturated heterocycles. The van der Waals surface area contributed by atoms with Gasteiger partial charge in [-0.1, -0.05) is 30.3 Å². The number of fused-ring (bicyclic) bond motifs is 1. The molecule has 1 aliphatic carbocycles. The van der Waals surface area contributed by atoms with Gasteiger partial charge in [0.25, 0.3) is 0 Å². The second-order valence-electron chi connectivity index (χ2n) is 8.98. The predicted octanol–water partition coefficient (Wildman–Crippen LogP) is 4.94. The summed E-state index contributed by atoms with van der Waals surface area (Å²) < 4.78 is 8.39. The molecule has 1 amide bonds. The largest absolute Gasteiger partial charge is 0.441 e. The molecule has 1 N–H and O–H groups in total. The van der Waals surface area contributed by atoms with Gasteiger partial charge < -0.3 is 9.72 Å². The van der Waals surface area contributed by atoms with Crippen LogP contribution < -0.4 is 5.69 Å². The van der Waals surface area contributed by atoms with Crippen LogP contribution in [0.25, 0.3) is 11.2 Å². The molecular weight excluding hydrogens is 460 g/mol. The number of halogens is 1. The van der Waals surface area contributed by atoms with Crippen LogP contribution in [-0.2, 0) is 4.74 Å². The van der Waals surface area contributed by atoms with Crippen molar-refractivity contribution < 1.29 is 9.53 Å². The van der Waals surface area contributed by atoms with Crippen LogP contribution in [0.1, 0.15) is 57.2 Å². The predicted molar refractivity (Wildman–Crippen MR) is 121 cm³/mol. The Bertz CT molecular complexity index is 1180. The van der Waals surface area contributed by atoms with Crippen molar-refractivity contribution in [2.75, 3.05) is 0 Å². The third-order valence-electron chi connectivity index (χ3n) is 6.56. The first kappa shape index (κ1) is 20.3. The molecule has 3 heterocycles. The zero-order valence-corrected chi connectivity index (χ0v) is 19.1. The summed E-state index contributed by atoms with van der Waals surface area (Å²) in [6, 6.07) is 12.0. The molecule has 0 unspecified atom stereocenters. The summed E-state index contributed by atoms with van der Waals surface area (Å²) in [5.74, 6) is 0. The first-order valence-electron chi connectivity index (χ1n) is 10.7. The van der Waals surface area contributed by atoms with Crippen LogP contribution in [0, 0.1) is 0 Å². The lowest BCUT2D eigenvalue weighted by atomic mass is 9.86. The summed E-state index contributed by atoms with van der Waals surface area (Å²) >= 11 is 3.40. The fraction of sp³-hybridized carbons (Fsp3) is 0.435. The van der Waals surface area contributed by atoms with Gasteiger partial charge in [-0.05, 0) is 67.1 Å². The molecular formula is C23H25BrN4O3. The van der Waals surface area contributed by atoms with Crippen LogP contribution >= 0.6 is 15.9 Å². The minimum atomic E-state index is -0.597. The van der Waals surface area contributed by atoms with E-state index in [1.54, 1.807) is 10.8 Å². The number of pyridine rings is 1. The number of benzene rings is 1. The topological polar surface area (TPSA) is 80.2 Å². The SMILES string of the molecule is CC1(C)OC(=O)N([C@H]2CC[C@H](n3c(=O)[nH]c4cc(Br)cnc43)CC2)[C@H]1c1ccccc1. The van der Waals surface area contributed by atoms with E-state index in [4.69, 9.17) is 4.74 Å². The number of amides is 1. The standard InChI is InChI=1S/C23H25BrN4O3/c1-23(2)19(14-6-4-3-5-7-14)27(22(30)31-23)16-8-10-17(11-9-16)28-20-18(26-21(28)29)12-15(24)13-25-20/h3-7,12-13,16-17,19H,8-11H2,1-2H3,(H,26,29)/t16-,17-,19-/m0/s1. The van der Waals surface area contributed by atoms with Crippen LogP contribution in [0.15, 0.2) is 51.9 Å². The second kappa shape index (κ2) is 7.51. The van der Waals surface area contributed by atoms with Gasteiger partial charge in [-0.2, -0.15) is 0 Å². The number of rotatable bonds is 3. The van der Waals surface area contributed by atoms with Gasteiger partial charge in [-0.25, -0.2) is 14.6 Å². The van der Waals surface area contributed by atoms with E-state index >= 15 is 0 Å². The number of nitrogens with one attached hydrogen (secondary N) is 1. The molecule has 1 aromatic carbocycles. The van der Waals surface area contributed by atoms with E-state index in [9.17, 15) is 9.59 Å². The Labute approximate surface area is 188 Å². The van der Waals surface area contributed by atoms with Crippen LogP contribution in [0.2, 0.25) is 0 Å². The Kier molecular flexibility index (Phi) is 4.92. The molecule has 7 nitrogen and oxygen atoms in total. The average Bonchev–Trinajstić information content (AvgIpc) is 3.19. The molecule has 31 heavy (non-hydrogen) atoms. The Morgan fingerprint density at radius 3 is 2.48 bits per heavy atom. The van der Waals surface area contributed by atoms with Crippen LogP contribution in [0.3, 0.4) is 0 Å². The molecule has 0 spiro atoms. The number of ether oxygens (including phenoxy) is 1. The second-order valence-corrected chi connectivity index (χ2v) is 9.89. The molecule has 2 aromatic heterocycles. The number of imidazole rings is 1. The highest BCUT2D eigenvalue weighted by molar-refractivity contribution is 9.10. The zero-order chi connectivity index (χ0) is 21.8. The number of cyclic esters (lactones) is 1. The van der Waals surface area contributed by atoms with Crippen molar-refractivity contribution in [3.05, 3.63) is 63.1 Å². The molecule has 0 bridgehead atoms. The summed E-state index contributed by atoms with van der Waals surface area (Å²) in [4.78, 5) is 34.8. The van der Waals surface area contributed by atoms with E-state index in [0.29, 0.717) is 5.65 Å². The molecule has 0 radical (unpaired) electrons. The zero-order valence-electron chi connectivity index (χ0n) is 17.5. The Morgan fingerprint density at radius 1 is 1.10 bits per heavy atom. The lowest BCUT2D eigenvalue weighted by Gasteiger charge is -2.38. The number of carbonyl (C=O) groups is 1. The van der Waals surface area contributed by atoms with E-state index < -0.39 is 5.60 Å². The number of aromatic nitrogens is 3. The van der Waals surface area contributed by atoms with E-state index in [1.807, 2.05) is 43.0 Å². The molecule has 1 aliphatic heterocycles. The smallest absolute Gasteiger partial charge is 0.411 e. The van der Waals surface area contributed by atoms with Gasteiger partial charge >= 0.3 is 11.8 Å². The number of carbonyl (C=O) groups excluding carboxylic acids is 1. The third-order valence-corrected chi connectivity index (χ3v) is 6.99. The summed E-state index contributed by atoms with van der Waals surface area (Å²) in [6.45, 7) is 3.95. The summed E-state index contributed by atoms with van der Waals surface area (Å²) in [5, 5.41) is 0. The van der Waals surface area contributed by atoms with E-state index in [1.165, 1.54) is 0 Å². The quantitative estimate of drug-likeness (QED) is 0.570. The van der Waals surface area contributed by atoms with Crippen molar-refractivity contribution in [1.29, 1.82) is 0 Å². The van der Waals surface area contributed by atoms with Gasteiger partial charge in [0, 0.05) is 22.8 Å². The number of aromatic amines is 1. The summed E-state index contributed by atoms with van der Waals surface area (Å²) in [7, 11) is 0. The Hall–Kier alpha value is -2.61. The molecule has 3 aromatic rings. The highest BCUT2D eigenvalue weighted by Gasteiger charge is 2.51. The van der Waals surface area contributed by atoms with E-state index in [0.717, 1.165) is 41.2 Å². The normalized spacial score (nSPS) is 25.7. The Balaban J connectivity index is 1.40. The first-order valence-corrected chi connectivity index (χ1v) is 11.5. The highest BCUT2D eigenvalue weighted by atomic mass is 79.9. The monoisotopic (exact) mass is 484 g/mol. The molecule has 8 heteroatoms. The third kappa shape index (κ3) is 3.46. The fourth-order valence-corrected chi connectivity index (χ4v) is 5.58. The number of H-pyrrole nitrogens is 1. The highest BCUT2D eigenvalue weighted by Crippen LogP contribution is 2.45. The molecule has 1 atom stereocenters. The number of hydrogen-bond donors (Lipinski definition) is 1. The van der Waals surface area contributed by atoms with E-state index in [-0.39, 0.29) is 29.9 Å². The average molecular weight is 485 g/mol. The van der Waals surface area contributed by atoms with Crippen molar-refractivity contribution in [3.63, 3.8) is 0 Å². The van der Waals surface area contributed by atoms with Gasteiger partial charge in [0.15, 0.2) is 5.65 Å². The van der Waals surface area contributed by atoms with Crippen molar-refractivity contribution in [3.8, 4) is 0 Å². The summed E-state index contributed by atoms with van der Waals surface area (Å²) in [5.41, 5.74) is 1.77.